The van der Waals surface area contributed by atoms with Crippen LogP contribution in [0.2, 0.25) is 0 Å². The number of furan rings is 1. The molecule has 0 unspecified atom stereocenters. The third kappa shape index (κ3) is 2.46. The van der Waals surface area contributed by atoms with Gasteiger partial charge in [0.05, 0.1) is 4.91 Å². The van der Waals surface area contributed by atoms with Crippen LogP contribution in [0.25, 0.3) is 17.4 Å². The van der Waals surface area contributed by atoms with Gasteiger partial charge in [0.15, 0.2) is 0 Å². The number of nitrogen functional groups attached to an aromatic ring is 1. The summed E-state index contributed by atoms with van der Waals surface area (Å²) in [4.78, 5) is 22.8. The lowest BCUT2D eigenvalue weighted by molar-refractivity contribution is -0.115. The van der Waals surface area contributed by atoms with Crippen molar-refractivity contribution in [2.24, 2.45) is 0 Å². The molecule has 1 aliphatic rings. The first kappa shape index (κ1) is 12.6. The maximum atomic E-state index is 11.4. The van der Waals surface area contributed by atoms with Crippen LogP contribution in [0.15, 0.2) is 45.7 Å². The van der Waals surface area contributed by atoms with E-state index in [9.17, 15) is 9.59 Å². The zero-order chi connectivity index (χ0) is 14.1. The minimum atomic E-state index is -0.401. The fourth-order valence-electron chi connectivity index (χ4n) is 1.83. The number of carbonyl (C=O) groups excluding carboxylic acids is 2. The Labute approximate surface area is 118 Å². The number of rotatable bonds is 2. The zero-order valence-corrected chi connectivity index (χ0v) is 11.1. The number of nitrogens with one attached hydrogen (secondary N) is 1. The molecule has 2 aromatic rings. The highest BCUT2D eigenvalue weighted by Gasteiger charge is 2.25. The maximum absolute atomic E-state index is 11.4. The number of nitrogens with two attached hydrogens (primary N) is 1. The second-order valence-corrected chi connectivity index (χ2v) is 5.19. The van der Waals surface area contributed by atoms with Gasteiger partial charge in [0.25, 0.3) is 11.1 Å². The van der Waals surface area contributed by atoms with Gasteiger partial charge in [-0.1, -0.05) is 12.1 Å². The van der Waals surface area contributed by atoms with E-state index in [4.69, 9.17) is 10.2 Å². The first-order chi connectivity index (χ1) is 9.61. The van der Waals surface area contributed by atoms with Crippen molar-refractivity contribution in [2.45, 2.75) is 0 Å². The van der Waals surface area contributed by atoms with Crippen LogP contribution in [0.5, 0.6) is 0 Å². The molecule has 6 heteroatoms. The number of hydrogen-bond acceptors (Lipinski definition) is 5. The van der Waals surface area contributed by atoms with Crippen molar-refractivity contribution in [3.8, 4) is 11.3 Å². The lowest BCUT2D eigenvalue weighted by Gasteiger charge is -1.98. The molecular weight excluding hydrogens is 276 g/mol. The van der Waals surface area contributed by atoms with Crippen molar-refractivity contribution >= 4 is 34.7 Å². The standard InChI is InChI=1S/C14H10N2O3S/c15-9-3-1-2-8(6-9)11-5-4-10(19-11)7-12-13(17)16-14(18)20-12/h1-7H,15H2,(H,16,17,18)/b12-7-. The van der Waals surface area contributed by atoms with Crippen molar-refractivity contribution in [3.05, 3.63) is 47.1 Å². The zero-order valence-electron chi connectivity index (χ0n) is 10.3. The lowest BCUT2D eigenvalue weighted by Crippen LogP contribution is -2.17. The largest absolute Gasteiger partial charge is 0.457 e. The molecule has 0 atom stereocenters. The normalized spacial score (nSPS) is 16.7. The van der Waals surface area contributed by atoms with Crippen LogP contribution in [0, 0.1) is 0 Å². The molecule has 0 saturated carbocycles. The van der Waals surface area contributed by atoms with Gasteiger partial charge in [-0.25, -0.2) is 0 Å². The quantitative estimate of drug-likeness (QED) is 0.655. The highest BCUT2D eigenvalue weighted by atomic mass is 32.2. The second-order valence-electron chi connectivity index (χ2n) is 4.18. The van der Waals surface area contributed by atoms with Gasteiger partial charge in [-0.05, 0) is 36.0 Å². The number of imide groups is 1. The minimum absolute atomic E-state index is 0.323. The predicted molar refractivity (Wildman–Crippen MR) is 77.7 cm³/mol. The highest BCUT2D eigenvalue weighted by Crippen LogP contribution is 2.29. The monoisotopic (exact) mass is 286 g/mol. The van der Waals surface area contributed by atoms with E-state index in [1.807, 2.05) is 12.1 Å². The molecule has 1 aromatic heterocycles. The van der Waals surface area contributed by atoms with Crippen molar-refractivity contribution in [1.29, 1.82) is 0 Å². The number of benzene rings is 1. The number of hydrogen-bond donors (Lipinski definition) is 2. The molecule has 5 nitrogen and oxygen atoms in total. The Hall–Kier alpha value is -2.47. The average molecular weight is 286 g/mol. The summed E-state index contributed by atoms with van der Waals surface area (Å²) in [7, 11) is 0. The van der Waals surface area contributed by atoms with Gasteiger partial charge in [0.2, 0.25) is 0 Å². The summed E-state index contributed by atoms with van der Waals surface area (Å²) in [5.74, 6) is 0.760. The average Bonchev–Trinajstić information content (AvgIpc) is 2.97. The van der Waals surface area contributed by atoms with E-state index in [2.05, 4.69) is 5.32 Å². The van der Waals surface area contributed by atoms with Crippen molar-refractivity contribution < 1.29 is 14.0 Å². The smallest absolute Gasteiger partial charge is 0.290 e. The van der Waals surface area contributed by atoms with Crippen LogP contribution in [0.4, 0.5) is 10.5 Å². The number of amides is 2. The number of anilines is 1. The molecule has 3 N–H and O–H groups in total. The molecule has 20 heavy (non-hydrogen) atoms. The molecule has 1 aliphatic heterocycles. The Morgan fingerprint density at radius 1 is 1.20 bits per heavy atom. The maximum Gasteiger partial charge on any atom is 0.290 e. The Morgan fingerprint density at radius 2 is 2.05 bits per heavy atom. The second kappa shape index (κ2) is 4.90. The Kier molecular flexibility index (Phi) is 3.08. The van der Waals surface area contributed by atoms with Crippen LogP contribution in [0.1, 0.15) is 5.76 Å². The summed E-state index contributed by atoms with van der Waals surface area (Å²) in [6.45, 7) is 0. The molecule has 2 amide bonds. The van der Waals surface area contributed by atoms with Crippen LogP contribution in [-0.4, -0.2) is 11.1 Å². The van der Waals surface area contributed by atoms with E-state index in [0.717, 1.165) is 17.3 Å². The molecule has 3 rings (SSSR count). The van der Waals surface area contributed by atoms with Crippen LogP contribution >= 0.6 is 11.8 Å². The summed E-state index contributed by atoms with van der Waals surface area (Å²) < 4.78 is 5.63. The molecule has 0 aliphatic carbocycles. The number of thioether (sulfide) groups is 1. The van der Waals surface area contributed by atoms with Crippen LogP contribution in [0.3, 0.4) is 0 Å². The Bertz CT molecular complexity index is 734. The van der Waals surface area contributed by atoms with Gasteiger partial charge in [-0.15, -0.1) is 0 Å². The van der Waals surface area contributed by atoms with Crippen LogP contribution < -0.4 is 11.1 Å². The van der Waals surface area contributed by atoms with Crippen LogP contribution in [-0.2, 0) is 4.79 Å². The Morgan fingerprint density at radius 3 is 2.75 bits per heavy atom. The molecular formula is C14H10N2O3S. The first-order valence-electron chi connectivity index (χ1n) is 5.82. The van der Waals surface area contributed by atoms with Gasteiger partial charge in [-0.2, -0.15) is 0 Å². The van der Waals surface area contributed by atoms with Gasteiger partial charge >= 0.3 is 0 Å². The molecule has 1 saturated heterocycles. The summed E-state index contributed by atoms with van der Waals surface area (Å²) in [6.07, 6.45) is 1.54. The van der Waals surface area contributed by atoms with Gasteiger partial charge in [0.1, 0.15) is 11.5 Å². The third-order valence-corrected chi connectivity index (χ3v) is 3.52. The molecule has 100 valence electrons. The lowest BCUT2D eigenvalue weighted by atomic mass is 10.1. The summed E-state index contributed by atoms with van der Waals surface area (Å²) in [5.41, 5.74) is 7.22. The first-order valence-corrected chi connectivity index (χ1v) is 6.64. The Balaban J connectivity index is 1.89. The molecule has 2 heterocycles. The van der Waals surface area contributed by atoms with Gasteiger partial charge < -0.3 is 10.2 Å². The van der Waals surface area contributed by atoms with E-state index in [1.165, 1.54) is 0 Å². The van der Waals surface area contributed by atoms with Crippen molar-refractivity contribution in [2.75, 3.05) is 5.73 Å². The molecule has 1 aromatic carbocycles. The molecule has 1 fully saturated rings. The van der Waals surface area contributed by atoms with Crippen molar-refractivity contribution in [1.82, 2.24) is 5.32 Å². The van der Waals surface area contributed by atoms with E-state index in [-0.39, 0.29) is 5.24 Å². The fraction of sp³-hybridized carbons (Fsp3) is 0. The summed E-state index contributed by atoms with van der Waals surface area (Å²) in [6, 6.07) is 10.8. The number of carbonyl (C=O) groups is 2. The molecule has 0 spiro atoms. The highest BCUT2D eigenvalue weighted by molar-refractivity contribution is 8.18. The molecule has 0 radical (unpaired) electrons. The summed E-state index contributed by atoms with van der Waals surface area (Å²) in [5, 5.41) is 1.82. The van der Waals surface area contributed by atoms with Gasteiger partial charge in [-0.3, -0.25) is 14.9 Å². The molecule has 0 bridgehead atoms. The summed E-state index contributed by atoms with van der Waals surface area (Å²) >= 11 is 0.858. The van der Waals surface area contributed by atoms with Gasteiger partial charge in [0, 0.05) is 17.3 Å². The van der Waals surface area contributed by atoms with E-state index in [1.54, 1.807) is 30.3 Å². The minimum Gasteiger partial charge on any atom is -0.457 e. The van der Waals surface area contributed by atoms with E-state index < -0.39 is 5.91 Å². The predicted octanol–water partition coefficient (Wildman–Crippen LogP) is 2.85. The van der Waals surface area contributed by atoms with Crippen molar-refractivity contribution in [3.63, 3.8) is 0 Å². The van der Waals surface area contributed by atoms with E-state index in [0.29, 0.717) is 22.1 Å². The third-order valence-electron chi connectivity index (χ3n) is 2.71. The van der Waals surface area contributed by atoms with E-state index >= 15 is 0 Å². The topological polar surface area (TPSA) is 85.3 Å². The SMILES string of the molecule is Nc1cccc(-c2ccc(/C=C3\SC(=O)NC3=O)o2)c1. The fourth-order valence-corrected chi connectivity index (χ4v) is 2.49.